The molecule has 0 aliphatic carbocycles. The van der Waals surface area contributed by atoms with Gasteiger partial charge in [-0.05, 0) is 31.2 Å². The SMILES string of the molecule is COc1cnc(-n2nnc3ccccc32)c2[nH]cc(C(=O)C(=O)N3CCN(C(=O)c4ccccc4)[C@H](C)C3)c12. The van der Waals surface area contributed by atoms with Crippen LogP contribution in [0.3, 0.4) is 0 Å². The number of methoxy groups -OCH3 is 1. The highest BCUT2D eigenvalue weighted by Gasteiger charge is 2.34. The van der Waals surface area contributed by atoms with Gasteiger partial charge in [-0.25, -0.2) is 4.98 Å². The Hall–Kier alpha value is -5.06. The van der Waals surface area contributed by atoms with Crippen molar-refractivity contribution < 1.29 is 19.1 Å². The summed E-state index contributed by atoms with van der Waals surface area (Å²) in [6.45, 7) is 2.71. The van der Waals surface area contributed by atoms with Gasteiger partial charge in [-0.2, -0.15) is 4.68 Å². The highest BCUT2D eigenvalue weighted by atomic mass is 16.5. The van der Waals surface area contributed by atoms with E-state index < -0.39 is 11.7 Å². The Morgan fingerprint density at radius 2 is 1.79 bits per heavy atom. The number of hydrogen-bond donors (Lipinski definition) is 1. The Labute approximate surface area is 223 Å². The number of ether oxygens (including phenoxy) is 1. The average Bonchev–Trinajstić information content (AvgIpc) is 3.61. The van der Waals surface area contributed by atoms with Crippen molar-refractivity contribution in [2.45, 2.75) is 13.0 Å². The lowest BCUT2D eigenvalue weighted by molar-refractivity contribution is -0.128. The van der Waals surface area contributed by atoms with E-state index in [0.717, 1.165) is 5.52 Å². The van der Waals surface area contributed by atoms with Gasteiger partial charge >= 0.3 is 0 Å². The fourth-order valence-electron chi connectivity index (χ4n) is 5.07. The van der Waals surface area contributed by atoms with Crippen LogP contribution < -0.4 is 4.74 Å². The third-order valence-corrected chi connectivity index (χ3v) is 7.06. The summed E-state index contributed by atoms with van der Waals surface area (Å²) in [5.41, 5.74) is 2.70. The minimum atomic E-state index is -0.671. The lowest BCUT2D eigenvalue weighted by Crippen LogP contribution is -2.56. The van der Waals surface area contributed by atoms with Crippen LogP contribution in [0.2, 0.25) is 0 Å². The van der Waals surface area contributed by atoms with Crippen molar-refractivity contribution in [1.82, 2.24) is 34.8 Å². The number of carbonyl (C=O) groups excluding carboxylic acids is 3. The van der Waals surface area contributed by atoms with Crippen molar-refractivity contribution in [3.05, 3.63) is 78.1 Å². The molecule has 1 fully saturated rings. The highest BCUT2D eigenvalue weighted by Crippen LogP contribution is 2.33. The van der Waals surface area contributed by atoms with E-state index in [1.165, 1.54) is 24.4 Å². The summed E-state index contributed by atoms with van der Waals surface area (Å²) in [5, 5.41) is 8.87. The molecule has 11 heteroatoms. The topological polar surface area (TPSA) is 126 Å². The number of para-hydroxylation sites is 1. The summed E-state index contributed by atoms with van der Waals surface area (Å²) >= 11 is 0. The van der Waals surface area contributed by atoms with Crippen LogP contribution in [-0.4, -0.2) is 85.1 Å². The monoisotopic (exact) mass is 523 g/mol. The van der Waals surface area contributed by atoms with Crippen LogP contribution >= 0.6 is 0 Å². The van der Waals surface area contributed by atoms with Gasteiger partial charge in [0.05, 0.1) is 35.3 Å². The van der Waals surface area contributed by atoms with Crippen molar-refractivity contribution in [2.75, 3.05) is 26.7 Å². The quantitative estimate of drug-likeness (QED) is 0.277. The van der Waals surface area contributed by atoms with E-state index in [1.54, 1.807) is 21.7 Å². The minimum absolute atomic E-state index is 0.0939. The second-order valence-electron chi connectivity index (χ2n) is 9.39. The molecular weight excluding hydrogens is 498 g/mol. The van der Waals surface area contributed by atoms with E-state index in [9.17, 15) is 14.4 Å². The Bertz CT molecular complexity index is 1730. The fraction of sp³-hybridized carbons (Fsp3) is 0.214. The molecule has 1 N–H and O–H groups in total. The van der Waals surface area contributed by atoms with Crippen molar-refractivity contribution in [1.29, 1.82) is 0 Å². The van der Waals surface area contributed by atoms with E-state index in [4.69, 9.17) is 4.74 Å². The summed E-state index contributed by atoms with van der Waals surface area (Å²) in [6.07, 6.45) is 3.00. The van der Waals surface area contributed by atoms with Crippen LogP contribution in [0, 0.1) is 0 Å². The molecular formula is C28H25N7O4. The number of pyridine rings is 1. The Morgan fingerprint density at radius 1 is 1.03 bits per heavy atom. The second kappa shape index (κ2) is 9.67. The average molecular weight is 524 g/mol. The molecule has 0 bridgehead atoms. The molecule has 4 heterocycles. The first-order valence-electron chi connectivity index (χ1n) is 12.5. The largest absolute Gasteiger partial charge is 0.494 e. The zero-order chi connectivity index (χ0) is 27.1. The van der Waals surface area contributed by atoms with Gasteiger partial charge in [0, 0.05) is 37.4 Å². The van der Waals surface area contributed by atoms with E-state index in [2.05, 4.69) is 20.3 Å². The summed E-state index contributed by atoms with van der Waals surface area (Å²) in [7, 11) is 1.48. The number of ketones is 1. The number of piperazine rings is 1. The maximum Gasteiger partial charge on any atom is 0.295 e. The van der Waals surface area contributed by atoms with Gasteiger partial charge in [-0.1, -0.05) is 35.5 Å². The first-order valence-corrected chi connectivity index (χ1v) is 12.5. The van der Waals surface area contributed by atoms with Gasteiger partial charge in [-0.3, -0.25) is 14.4 Å². The van der Waals surface area contributed by atoms with Gasteiger partial charge in [-0.15, -0.1) is 5.10 Å². The molecule has 1 aliphatic rings. The number of rotatable bonds is 5. The van der Waals surface area contributed by atoms with E-state index >= 15 is 0 Å². The number of H-pyrrole nitrogens is 1. The van der Waals surface area contributed by atoms with Crippen LogP contribution in [0.25, 0.3) is 27.8 Å². The molecule has 1 saturated heterocycles. The summed E-state index contributed by atoms with van der Waals surface area (Å²) in [4.78, 5) is 50.7. The van der Waals surface area contributed by atoms with Crippen molar-refractivity contribution in [2.24, 2.45) is 0 Å². The van der Waals surface area contributed by atoms with Crippen LogP contribution in [0.5, 0.6) is 5.75 Å². The number of nitrogens with one attached hydrogen (secondary N) is 1. The zero-order valence-corrected chi connectivity index (χ0v) is 21.4. The number of benzene rings is 2. The lowest BCUT2D eigenvalue weighted by atomic mass is 10.1. The van der Waals surface area contributed by atoms with E-state index in [-0.39, 0.29) is 30.6 Å². The van der Waals surface area contributed by atoms with E-state index in [1.807, 2.05) is 49.4 Å². The number of Topliss-reactive ketones (excluding diaryl/α,β-unsaturated/α-hetero) is 1. The molecule has 0 radical (unpaired) electrons. The first kappa shape index (κ1) is 24.3. The smallest absolute Gasteiger partial charge is 0.295 e. The molecule has 3 aromatic heterocycles. The number of nitrogens with zero attached hydrogens (tertiary/aromatic N) is 6. The number of fused-ring (bicyclic) bond motifs is 2. The number of aromatic nitrogens is 5. The second-order valence-corrected chi connectivity index (χ2v) is 9.39. The molecule has 2 amide bonds. The maximum atomic E-state index is 13.5. The van der Waals surface area contributed by atoms with Crippen molar-refractivity contribution in [3.63, 3.8) is 0 Å². The first-order chi connectivity index (χ1) is 19.0. The molecule has 0 unspecified atom stereocenters. The zero-order valence-electron chi connectivity index (χ0n) is 21.4. The molecule has 0 saturated carbocycles. The van der Waals surface area contributed by atoms with Crippen molar-refractivity contribution >= 4 is 39.5 Å². The Morgan fingerprint density at radius 3 is 2.56 bits per heavy atom. The molecule has 39 heavy (non-hydrogen) atoms. The van der Waals surface area contributed by atoms with Crippen molar-refractivity contribution in [3.8, 4) is 11.6 Å². The Kier molecular flexibility index (Phi) is 6.02. The number of amides is 2. The maximum absolute atomic E-state index is 13.5. The summed E-state index contributed by atoms with van der Waals surface area (Å²) < 4.78 is 7.09. The Balaban J connectivity index is 1.29. The third-order valence-electron chi connectivity index (χ3n) is 7.06. The van der Waals surface area contributed by atoms with E-state index in [0.29, 0.717) is 40.1 Å². The number of aromatic amines is 1. The number of carbonyl (C=O) groups is 3. The minimum Gasteiger partial charge on any atom is -0.494 e. The van der Waals surface area contributed by atoms with Gasteiger partial charge in [0.2, 0.25) is 0 Å². The standard InChI is InChI=1S/C28H25N7O4/c1-17-16-33(12-13-34(17)27(37)18-8-4-3-5-9-18)28(38)25(36)19-14-29-24-23(19)22(39-2)15-30-26(24)35-21-11-7-6-10-20(21)31-32-35/h3-11,14-15,17,29H,12-13,16H2,1-2H3/t17-/m1/s1. The summed E-state index contributed by atoms with van der Waals surface area (Å²) in [6, 6.07) is 16.2. The van der Waals surface area contributed by atoms with Crippen LogP contribution in [0.15, 0.2) is 67.0 Å². The molecule has 5 aromatic rings. The molecule has 196 valence electrons. The van der Waals surface area contributed by atoms with Gasteiger partial charge in [0.15, 0.2) is 5.82 Å². The van der Waals surface area contributed by atoms with Gasteiger partial charge in [0.25, 0.3) is 17.6 Å². The normalized spacial score (nSPS) is 15.6. The fourth-order valence-corrected chi connectivity index (χ4v) is 5.07. The molecule has 2 aromatic carbocycles. The number of hydrogen-bond acceptors (Lipinski definition) is 7. The molecule has 11 nitrogen and oxygen atoms in total. The van der Waals surface area contributed by atoms with Gasteiger partial charge < -0.3 is 19.5 Å². The predicted molar refractivity (Wildman–Crippen MR) is 143 cm³/mol. The molecule has 1 atom stereocenters. The van der Waals surface area contributed by atoms with Crippen LogP contribution in [0.1, 0.15) is 27.6 Å². The summed E-state index contributed by atoms with van der Waals surface area (Å²) in [5.74, 6) is -0.630. The lowest BCUT2D eigenvalue weighted by Gasteiger charge is -2.39. The predicted octanol–water partition coefficient (Wildman–Crippen LogP) is 2.86. The highest BCUT2D eigenvalue weighted by molar-refractivity contribution is 6.45. The molecule has 6 rings (SSSR count). The van der Waals surface area contributed by atoms with Crippen LogP contribution in [-0.2, 0) is 4.79 Å². The van der Waals surface area contributed by atoms with Gasteiger partial charge in [0.1, 0.15) is 11.3 Å². The van der Waals surface area contributed by atoms with Crippen LogP contribution in [0.4, 0.5) is 0 Å². The molecule has 1 aliphatic heterocycles. The molecule has 0 spiro atoms. The third kappa shape index (κ3) is 4.08.